The summed E-state index contributed by atoms with van der Waals surface area (Å²) in [6.07, 6.45) is 1.07. The molecule has 0 saturated carbocycles. The molecule has 4 N–H and O–H groups in total. The number of nitrogens with zero attached hydrogens (tertiary/aromatic N) is 3. The van der Waals surface area contributed by atoms with E-state index in [0.717, 1.165) is 11.6 Å². The van der Waals surface area contributed by atoms with Gasteiger partial charge in [0.25, 0.3) is 5.91 Å². The van der Waals surface area contributed by atoms with E-state index in [-0.39, 0.29) is 11.6 Å². The highest BCUT2D eigenvalue weighted by atomic mass is 19.4. The molecule has 1 amide bonds. The number of carbonyl (C=O) groups excluding carboxylic acids is 1. The first-order chi connectivity index (χ1) is 16.6. The average Bonchev–Trinajstić information content (AvgIpc) is 2.80. The number of aryl methyl sites for hydroxylation is 1. The number of carbonyl (C=O) groups is 1. The first-order valence-electron chi connectivity index (χ1n) is 10.1. The van der Waals surface area contributed by atoms with Crippen molar-refractivity contribution < 1.29 is 22.4 Å². The maximum absolute atomic E-state index is 13.7. The number of anilines is 3. The molecule has 11 heteroatoms. The Hall–Kier alpha value is -4.54. The summed E-state index contributed by atoms with van der Waals surface area (Å²) in [7, 11) is 0. The predicted molar refractivity (Wildman–Crippen MR) is 127 cm³/mol. The van der Waals surface area contributed by atoms with Crippen LogP contribution in [0.5, 0.6) is 0 Å². The number of rotatable bonds is 7. The SMILES string of the molecule is C=CC=N/C=C(\N)c1ccnc(Nc2cc(NC(=O)c3cc(F)cc(C(F)(F)F)c3)ccc2C)n1. The van der Waals surface area contributed by atoms with E-state index >= 15 is 0 Å². The second kappa shape index (κ2) is 10.6. The van der Waals surface area contributed by atoms with E-state index in [4.69, 9.17) is 5.73 Å². The number of benzene rings is 2. The van der Waals surface area contributed by atoms with E-state index in [9.17, 15) is 22.4 Å². The molecule has 0 aliphatic heterocycles. The Bertz CT molecular complexity index is 1320. The maximum Gasteiger partial charge on any atom is 0.416 e. The Morgan fingerprint density at radius 3 is 2.66 bits per heavy atom. The molecule has 0 saturated heterocycles. The van der Waals surface area contributed by atoms with Gasteiger partial charge in [-0.15, -0.1) is 0 Å². The van der Waals surface area contributed by atoms with E-state index in [1.165, 1.54) is 24.7 Å². The first kappa shape index (κ1) is 25.1. The molecule has 1 aromatic heterocycles. The van der Waals surface area contributed by atoms with Crippen LogP contribution in [0.3, 0.4) is 0 Å². The van der Waals surface area contributed by atoms with E-state index in [1.54, 1.807) is 31.2 Å². The van der Waals surface area contributed by atoms with Gasteiger partial charge < -0.3 is 16.4 Å². The van der Waals surface area contributed by atoms with Crippen LogP contribution in [0.2, 0.25) is 0 Å². The van der Waals surface area contributed by atoms with Gasteiger partial charge in [0.05, 0.1) is 23.2 Å². The van der Waals surface area contributed by atoms with Crippen molar-refractivity contribution in [2.45, 2.75) is 13.1 Å². The number of nitrogens with one attached hydrogen (secondary N) is 2. The van der Waals surface area contributed by atoms with Crippen LogP contribution in [0.1, 0.15) is 27.2 Å². The zero-order valence-electron chi connectivity index (χ0n) is 18.4. The third-order valence-corrected chi connectivity index (χ3v) is 4.59. The van der Waals surface area contributed by atoms with Crippen LogP contribution in [0, 0.1) is 12.7 Å². The molecule has 35 heavy (non-hydrogen) atoms. The van der Waals surface area contributed by atoms with Crippen LogP contribution in [-0.4, -0.2) is 22.1 Å². The lowest BCUT2D eigenvalue weighted by molar-refractivity contribution is -0.137. The van der Waals surface area contributed by atoms with Gasteiger partial charge in [0, 0.05) is 29.3 Å². The Morgan fingerprint density at radius 2 is 1.94 bits per heavy atom. The molecule has 180 valence electrons. The molecule has 2 aromatic carbocycles. The highest BCUT2D eigenvalue weighted by Gasteiger charge is 2.32. The topological polar surface area (TPSA) is 105 Å². The van der Waals surface area contributed by atoms with Crippen LogP contribution in [0.15, 0.2) is 72.5 Å². The third kappa shape index (κ3) is 6.73. The molecule has 0 unspecified atom stereocenters. The molecule has 0 fully saturated rings. The monoisotopic (exact) mass is 484 g/mol. The van der Waals surface area contributed by atoms with Crippen molar-refractivity contribution in [2.75, 3.05) is 10.6 Å². The number of hydrogen-bond acceptors (Lipinski definition) is 6. The van der Waals surface area contributed by atoms with Gasteiger partial charge >= 0.3 is 6.18 Å². The van der Waals surface area contributed by atoms with Crippen LogP contribution >= 0.6 is 0 Å². The molecule has 1 heterocycles. The molecule has 7 nitrogen and oxygen atoms in total. The summed E-state index contributed by atoms with van der Waals surface area (Å²) in [6, 6.07) is 8.01. The van der Waals surface area contributed by atoms with E-state index < -0.39 is 29.0 Å². The van der Waals surface area contributed by atoms with E-state index in [2.05, 4.69) is 32.2 Å². The summed E-state index contributed by atoms with van der Waals surface area (Å²) in [5.74, 6) is -1.86. The van der Waals surface area contributed by atoms with Crippen LogP contribution in [-0.2, 0) is 6.18 Å². The number of amides is 1. The van der Waals surface area contributed by atoms with Crippen molar-refractivity contribution in [3.63, 3.8) is 0 Å². The summed E-state index contributed by atoms with van der Waals surface area (Å²) in [5, 5.41) is 5.48. The normalized spacial score (nSPS) is 12.0. The van der Waals surface area contributed by atoms with Crippen molar-refractivity contribution in [1.29, 1.82) is 0 Å². The van der Waals surface area contributed by atoms with Gasteiger partial charge in [0.15, 0.2) is 0 Å². The highest BCUT2D eigenvalue weighted by molar-refractivity contribution is 6.04. The third-order valence-electron chi connectivity index (χ3n) is 4.59. The number of aliphatic imine (C=N–C) groups is 1. The van der Waals surface area contributed by atoms with Crippen molar-refractivity contribution in [1.82, 2.24) is 9.97 Å². The van der Waals surface area contributed by atoms with Gasteiger partial charge in [-0.05, 0) is 48.9 Å². The highest BCUT2D eigenvalue weighted by Crippen LogP contribution is 2.31. The largest absolute Gasteiger partial charge is 0.416 e. The lowest BCUT2D eigenvalue weighted by atomic mass is 10.1. The summed E-state index contributed by atoms with van der Waals surface area (Å²) in [4.78, 5) is 24.9. The molecule has 0 atom stereocenters. The number of nitrogens with two attached hydrogens (primary N) is 1. The van der Waals surface area contributed by atoms with Crippen LogP contribution < -0.4 is 16.4 Å². The number of alkyl halides is 3. The first-order valence-corrected chi connectivity index (χ1v) is 10.1. The van der Waals surface area contributed by atoms with E-state index in [0.29, 0.717) is 29.2 Å². The predicted octanol–water partition coefficient (Wildman–Crippen LogP) is 5.45. The minimum atomic E-state index is -4.79. The summed E-state index contributed by atoms with van der Waals surface area (Å²) >= 11 is 0. The zero-order chi connectivity index (χ0) is 25.6. The van der Waals surface area contributed by atoms with Gasteiger partial charge in [-0.25, -0.2) is 14.4 Å². The minimum Gasteiger partial charge on any atom is -0.396 e. The fourth-order valence-corrected chi connectivity index (χ4v) is 2.87. The quantitative estimate of drug-likeness (QED) is 0.305. The Morgan fingerprint density at radius 1 is 1.17 bits per heavy atom. The smallest absolute Gasteiger partial charge is 0.396 e. The van der Waals surface area contributed by atoms with Crippen LogP contribution in [0.25, 0.3) is 5.70 Å². The van der Waals surface area contributed by atoms with Crippen molar-refractivity contribution in [3.05, 3.63) is 95.7 Å². The minimum absolute atomic E-state index is 0.207. The second-order valence-electron chi connectivity index (χ2n) is 7.22. The summed E-state index contributed by atoms with van der Waals surface area (Å²) < 4.78 is 52.5. The molecule has 0 radical (unpaired) electrons. The lowest BCUT2D eigenvalue weighted by Gasteiger charge is -2.13. The average molecular weight is 484 g/mol. The Kier molecular flexibility index (Phi) is 7.59. The van der Waals surface area contributed by atoms with E-state index in [1.807, 2.05) is 0 Å². The number of halogens is 4. The van der Waals surface area contributed by atoms with Gasteiger partial charge in [-0.1, -0.05) is 18.7 Å². The van der Waals surface area contributed by atoms with Gasteiger partial charge in [0.1, 0.15) is 5.82 Å². The maximum atomic E-state index is 13.7. The molecule has 0 bridgehead atoms. The van der Waals surface area contributed by atoms with Gasteiger partial charge in [-0.2, -0.15) is 13.2 Å². The fraction of sp³-hybridized carbons (Fsp3) is 0.0833. The summed E-state index contributed by atoms with van der Waals surface area (Å²) in [6.45, 7) is 5.31. The van der Waals surface area contributed by atoms with Gasteiger partial charge in [0.2, 0.25) is 5.95 Å². The number of hydrogen-bond donors (Lipinski definition) is 3. The Balaban J connectivity index is 1.82. The molecule has 3 rings (SSSR count). The second-order valence-corrected chi connectivity index (χ2v) is 7.22. The Labute approximate surface area is 198 Å². The molecule has 3 aromatic rings. The van der Waals surface area contributed by atoms with Crippen LogP contribution in [0.4, 0.5) is 34.9 Å². The summed E-state index contributed by atoms with van der Waals surface area (Å²) in [5.41, 5.74) is 6.48. The zero-order valence-corrected chi connectivity index (χ0v) is 18.4. The number of aromatic nitrogens is 2. The van der Waals surface area contributed by atoms with Crippen molar-refractivity contribution in [2.24, 2.45) is 10.7 Å². The van der Waals surface area contributed by atoms with Gasteiger partial charge in [-0.3, -0.25) is 9.79 Å². The van der Waals surface area contributed by atoms with Crippen molar-refractivity contribution in [3.8, 4) is 0 Å². The molecule has 0 spiro atoms. The standard InChI is InChI=1S/C24H20F4N6O/c1-3-7-30-13-19(29)20-6-8-31-23(33-20)34-21-12-18(5-4-14(21)2)32-22(35)15-9-16(24(26,27)28)11-17(25)10-15/h3-13H,1,29H2,2H3,(H,32,35)(H,31,33,34)/b19-13-,30-7?. The fourth-order valence-electron chi connectivity index (χ4n) is 2.87. The molecule has 0 aliphatic carbocycles. The number of allylic oxidation sites excluding steroid dienone is 1. The molecular formula is C24H20F4N6O. The molecule has 0 aliphatic rings. The molecular weight excluding hydrogens is 464 g/mol. The van der Waals surface area contributed by atoms with Crippen molar-refractivity contribution >= 4 is 35.1 Å². The lowest BCUT2D eigenvalue weighted by Crippen LogP contribution is -2.15.